The molecule has 2 heterocycles. The molecule has 10 heteroatoms. The third-order valence-corrected chi connectivity index (χ3v) is 4.94. The summed E-state index contributed by atoms with van der Waals surface area (Å²) in [6, 6.07) is 9.29. The van der Waals surface area contributed by atoms with Gasteiger partial charge in [-0.05, 0) is 6.92 Å². The maximum atomic E-state index is 12.2. The van der Waals surface area contributed by atoms with Crippen molar-refractivity contribution in [2.45, 2.75) is 12.1 Å². The monoisotopic (exact) mass is 389 g/mol. The molecular formula is C16H15N5O3S2. The predicted octanol–water partition coefficient (Wildman–Crippen LogP) is 2.84. The van der Waals surface area contributed by atoms with Crippen molar-refractivity contribution in [1.82, 2.24) is 20.2 Å². The van der Waals surface area contributed by atoms with Crippen LogP contribution in [0.3, 0.4) is 0 Å². The Morgan fingerprint density at radius 1 is 1.31 bits per heavy atom. The van der Waals surface area contributed by atoms with Crippen molar-refractivity contribution in [2.24, 2.45) is 0 Å². The molecule has 0 spiro atoms. The zero-order valence-corrected chi connectivity index (χ0v) is 15.4. The fourth-order valence-corrected chi connectivity index (χ4v) is 3.53. The molecular weight excluding hydrogens is 374 g/mol. The highest BCUT2D eigenvalue weighted by atomic mass is 32.2. The molecule has 0 unspecified atom stereocenters. The lowest BCUT2D eigenvalue weighted by Crippen LogP contribution is -2.13. The quantitative estimate of drug-likeness (QED) is 0.472. The maximum Gasteiger partial charge on any atom is 0.350 e. The third kappa shape index (κ3) is 4.46. The number of amides is 1. The number of esters is 1. The SMILES string of the molecule is CCOC(=O)c1sc(NC(=O)CSc2ncn[nH]2)nc1-c1ccccc1. The number of benzene rings is 1. The normalized spacial score (nSPS) is 10.5. The molecule has 8 nitrogen and oxygen atoms in total. The second-order valence-electron chi connectivity index (χ2n) is 4.91. The standard InChI is InChI=1S/C16H15N5O3S2/c1-2-24-14(23)13-12(10-6-4-3-5-7-10)20-16(26-13)19-11(22)8-25-15-17-9-18-21-15/h3-7,9H,2,8H2,1H3,(H,17,18,21)(H,19,20,22). The molecule has 0 saturated heterocycles. The number of aromatic amines is 1. The zero-order chi connectivity index (χ0) is 18.4. The average molecular weight is 389 g/mol. The number of nitrogens with one attached hydrogen (secondary N) is 2. The third-order valence-electron chi connectivity index (χ3n) is 3.11. The summed E-state index contributed by atoms with van der Waals surface area (Å²) in [5.74, 6) is -0.569. The van der Waals surface area contributed by atoms with Crippen LogP contribution in [-0.4, -0.2) is 44.4 Å². The van der Waals surface area contributed by atoms with Crippen LogP contribution in [0.15, 0.2) is 41.8 Å². The summed E-state index contributed by atoms with van der Waals surface area (Å²) in [7, 11) is 0. The number of nitrogens with zero attached hydrogens (tertiary/aromatic N) is 3. The fraction of sp³-hybridized carbons (Fsp3) is 0.188. The van der Waals surface area contributed by atoms with Crippen LogP contribution in [0.4, 0.5) is 5.13 Å². The Balaban J connectivity index is 1.77. The van der Waals surface area contributed by atoms with Gasteiger partial charge in [0.25, 0.3) is 0 Å². The van der Waals surface area contributed by atoms with Crippen LogP contribution >= 0.6 is 23.1 Å². The number of H-pyrrole nitrogens is 1. The molecule has 0 atom stereocenters. The molecule has 2 aromatic heterocycles. The molecule has 1 aromatic carbocycles. The Labute approximate surface area is 157 Å². The van der Waals surface area contributed by atoms with Crippen molar-refractivity contribution < 1.29 is 14.3 Å². The van der Waals surface area contributed by atoms with Crippen LogP contribution < -0.4 is 5.32 Å². The molecule has 26 heavy (non-hydrogen) atoms. The highest BCUT2D eigenvalue weighted by molar-refractivity contribution is 7.99. The summed E-state index contributed by atoms with van der Waals surface area (Å²) in [4.78, 5) is 33.1. The molecule has 134 valence electrons. The number of aromatic nitrogens is 4. The molecule has 0 saturated carbocycles. The minimum atomic E-state index is -0.458. The minimum Gasteiger partial charge on any atom is -0.462 e. The fourth-order valence-electron chi connectivity index (χ4n) is 2.05. The Kier molecular flexibility index (Phi) is 5.97. The van der Waals surface area contributed by atoms with E-state index in [1.807, 2.05) is 30.3 Å². The maximum absolute atomic E-state index is 12.2. The Morgan fingerprint density at radius 2 is 2.12 bits per heavy atom. The zero-order valence-electron chi connectivity index (χ0n) is 13.8. The van der Waals surface area contributed by atoms with Crippen LogP contribution in [0.5, 0.6) is 0 Å². The number of hydrogen-bond donors (Lipinski definition) is 2. The molecule has 0 bridgehead atoms. The summed E-state index contributed by atoms with van der Waals surface area (Å²) in [6.07, 6.45) is 1.37. The van der Waals surface area contributed by atoms with Gasteiger partial charge >= 0.3 is 5.97 Å². The summed E-state index contributed by atoms with van der Waals surface area (Å²) in [5, 5.41) is 9.99. The molecule has 3 rings (SSSR count). The number of hydrogen-bond acceptors (Lipinski definition) is 8. The first-order valence-corrected chi connectivity index (χ1v) is 9.49. The van der Waals surface area contributed by atoms with Crippen LogP contribution in [0.2, 0.25) is 0 Å². The molecule has 0 aliphatic heterocycles. The van der Waals surface area contributed by atoms with Crippen molar-refractivity contribution in [3.8, 4) is 11.3 Å². The van der Waals surface area contributed by atoms with Gasteiger partial charge in [0.05, 0.1) is 18.1 Å². The van der Waals surface area contributed by atoms with Crippen LogP contribution in [0.25, 0.3) is 11.3 Å². The van der Waals surface area contributed by atoms with Gasteiger partial charge in [-0.25, -0.2) is 14.8 Å². The second kappa shape index (κ2) is 8.59. The van der Waals surface area contributed by atoms with Gasteiger partial charge in [0.2, 0.25) is 5.91 Å². The lowest BCUT2D eigenvalue weighted by atomic mass is 10.1. The van der Waals surface area contributed by atoms with E-state index >= 15 is 0 Å². The van der Waals surface area contributed by atoms with Crippen molar-refractivity contribution in [1.29, 1.82) is 0 Å². The summed E-state index contributed by atoms with van der Waals surface area (Å²) >= 11 is 2.31. The lowest BCUT2D eigenvalue weighted by Gasteiger charge is -2.01. The van der Waals surface area contributed by atoms with Crippen molar-refractivity contribution >= 4 is 40.1 Å². The number of rotatable bonds is 7. The average Bonchev–Trinajstić information content (AvgIpc) is 3.31. The molecule has 1 amide bonds. The number of ether oxygens (including phenoxy) is 1. The van der Waals surface area contributed by atoms with Gasteiger partial charge < -0.3 is 10.1 Å². The lowest BCUT2D eigenvalue weighted by molar-refractivity contribution is -0.113. The molecule has 3 aromatic rings. The van der Waals surface area contributed by atoms with E-state index in [1.165, 1.54) is 18.1 Å². The first kappa shape index (κ1) is 18.1. The van der Waals surface area contributed by atoms with E-state index in [9.17, 15) is 9.59 Å². The van der Waals surface area contributed by atoms with Crippen molar-refractivity contribution in [2.75, 3.05) is 17.7 Å². The Morgan fingerprint density at radius 3 is 2.81 bits per heavy atom. The van der Waals surface area contributed by atoms with Gasteiger partial charge in [-0.15, -0.1) is 0 Å². The smallest absolute Gasteiger partial charge is 0.350 e. The molecule has 0 aliphatic rings. The predicted molar refractivity (Wildman–Crippen MR) is 99.2 cm³/mol. The summed E-state index contributed by atoms with van der Waals surface area (Å²) in [5.41, 5.74) is 1.27. The number of carbonyl (C=O) groups is 2. The van der Waals surface area contributed by atoms with E-state index in [0.29, 0.717) is 20.9 Å². The first-order valence-electron chi connectivity index (χ1n) is 7.68. The van der Waals surface area contributed by atoms with Gasteiger partial charge in [0, 0.05) is 5.56 Å². The number of thioether (sulfide) groups is 1. The van der Waals surface area contributed by atoms with Gasteiger partial charge in [0.15, 0.2) is 10.3 Å². The number of carbonyl (C=O) groups excluding carboxylic acids is 2. The minimum absolute atomic E-state index is 0.143. The van der Waals surface area contributed by atoms with E-state index < -0.39 is 5.97 Å². The molecule has 2 N–H and O–H groups in total. The van der Waals surface area contributed by atoms with E-state index in [1.54, 1.807) is 6.92 Å². The van der Waals surface area contributed by atoms with Crippen LogP contribution in [0, 0.1) is 0 Å². The van der Waals surface area contributed by atoms with E-state index in [0.717, 1.165) is 16.9 Å². The first-order chi connectivity index (χ1) is 12.7. The van der Waals surface area contributed by atoms with Crippen molar-refractivity contribution in [3.63, 3.8) is 0 Å². The molecule has 0 fully saturated rings. The van der Waals surface area contributed by atoms with Crippen LogP contribution in [-0.2, 0) is 9.53 Å². The topological polar surface area (TPSA) is 110 Å². The van der Waals surface area contributed by atoms with Crippen molar-refractivity contribution in [3.05, 3.63) is 41.5 Å². The largest absolute Gasteiger partial charge is 0.462 e. The summed E-state index contributed by atoms with van der Waals surface area (Å²) < 4.78 is 5.10. The van der Waals surface area contributed by atoms with Gasteiger partial charge in [-0.3, -0.25) is 9.89 Å². The highest BCUT2D eigenvalue weighted by Crippen LogP contribution is 2.32. The Hall–Kier alpha value is -2.72. The highest BCUT2D eigenvalue weighted by Gasteiger charge is 2.21. The molecule has 0 aliphatic carbocycles. The summed E-state index contributed by atoms with van der Waals surface area (Å²) in [6.45, 7) is 2.00. The van der Waals surface area contributed by atoms with E-state index in [-0.39, 0.29) is 18.3 Å². The van der Waals surface area contributed by atoms with Gasteiger partial charge in [-0.1, -0.05) is 53.4 Å². The second-order valence-corrected chi connectivity index (χ2v) is 6.87. The number of thiazole rings is 1. The number of anilines is 1. The Bertz CT molecular complexity index is 881. The molecule has 0 radical (unpaired) electrons. The van der Waals surface area contributed by atoms with E-state index in [2.05, 4.69) is 25.5 Å². The van der Waals surface area contributed by atoms with Crippen LogP contribution in [0.1, 0.15) is 16.6 Å². The van der Waals surface area contributed by atoms with E-state index in [4.69, 9.17) is 4.74 Å². The van der Waals surface area contributed by atoms with Gasteiger partial charge in [-0.2, -0.15) is 5.10 Å². The van der Waals surface area contributed by atoms with Gasteiger partial charge in [0.1, 0.15) is 11.2 Å².